The van der Waals surface area contributed by atoms with Crippen molar-refractivity contribution in [2.24, 2.45) is 0 Å². The molecule has 0 aromatic heterocycles. The number of carbonyl (C=O) groups is 1. The third kappa shape index (κ3) is 4.62. The molecule has 5 nitrogen and oxygen atoms in total. The summed E-state index contributed by atoms with van der Waals surface area (Å²) in [6.07, 6.45) is 0.127. The van der Waals surface area contributed by atoms with Gasteiger partial charge in [-0.05, 0) is 42.7 Å². The third-order valence-electron chi connectivity index (χ3n) is 4.67. The van der Waals surface area contributed by atoms with Gasteiger partial charge in [0.2, 0.25) is 0 Å². The van der Waals surface area contributed by atoms with Crippen LogP contribution >= 0.6 is 0 Å². The van der Waals surface area contributed by atoms with Gasteiger partial charge in [0.15, 0.2) is 0 Å². The number of carboxylic acid groups (broad SMARTS) is 1. The largest absolute Gasteiger partial charge is 0.481 e. The maximum atomic E-state index is 10.8. The van der Waals surface area contributed by atoms with Crippen molar-refractivity contribution in [3.63, 3.8) is 0 Å². The molecule has 1 N–H and O–H groups in total. The number of nitrogens with zero attached hydrogens (tertiary/aromatic N) is 1. The highest BCUT2D eigenvalue weighted by molar-refractivity contribution is 5.66. The summed E-state index contributed by atoms with van der Waals surface area (Å²) >= 11 is 0. The minimum atomic E-state index is -0.763. The van der Waals surface area contributed by atoms with Crippen LogP contribution < -0.4 is 4.74 Å². The summed E-state index contributed by atoms with van der Waals surface area (Å²) in [5, 5.41) is 8.85. The molecular weight excluding hydrogens is 330 g/mol. The van der Waals surface area contributed by atoms with Crippen molar-refractivity contribution in [3.8, 4) is 11.5 Å². The third-order valence-corrected chi connectivity index (χ3v) is 4.67. The molecule has 0 bridgehead atoms. The van der Waals surface area contributed by atoms with Gasteiger partial charge in [0.05, 0.1) is 19.1 Å². The molecule has 26 heavy (non-hydrogen) atoms. The van der Waals surface area contributed by atoms with Crippen molar-refractivity contribution in [1.29, 1.82) is 0 Å². The molecule has 1 unspecified atom stereocenters. The minimum Gasteiger partial charge on any atom is -0.481 e. The van der Waals surface area contributed by atoms with Gasteiger partial charge in [0.1, 0.15) is 11.5 Å². The summed E-state index contributed by atoms with van der Waals surface area (Å²) < 4.78 is 11.9. The molecule has 0 amide bonds. The van der Waals surface area contributed by atoms with Crippen LogP contribution in [0.25, 0.3) is 0 Å². The van der Waals surface area contributed by atoms with Crippen molar-refractivity contribution in [3.05, 3.63) is 59.2 Å². The molecule has 2 aromatic carbocycles. The van der Waals surface area contributed by atoms with E-state index in [2.05, 4.69) is 4.90 Å². The van der Waals surface area contributed by atoms with Crippen LogP contribution in [0.5, 0.6) is 11.5 Å². The number of rotatable bonds is 6. The van der Waals surface area contributed by atoms with E-state index in [1.165, 1.54) is 0 Å². The smallest absolute Gasteiger partial charge is 0.304 e. The second kappa shape index (κ2) is 8.34. The number of para-hydroxylation sites is 1. The predicted octanol–water partition coefficient (Wildman–Crippen LogP) is 3.94. The maximum Gasteiger partial charge on any atom is 0.304 e. The molecule has 138 valence electrons. The molecule has 0 radical (unpaired) electrons. The summed E-state index contributed by atoms with van der Waals surface area (Å²) in [4.78, 5) is 12.9. The van der Waals surface area contributed by atoms with Gasteiger partial charge in [-0.15, -0.1) is 0 Å². The fourth-order valence-electron chi connectivity index (χ4n) is 3.19. The van der Waals surface area contributed by atoms with Gasteiger partial charge in [-0.2, -0.15) is 0 Å². The van der Waals surface area contributed by atoms with Crippen LogP contribution in [0.3, 0.4) is 0 Å². The molecule has 1 aliphatic heterocycles. The topological polar surface area (TPSA) is 59.0 Å². The second-order valence-corrected chi connectivity index (χ2v) is 6.70. The molecule has 0 spiro atoms. The van der Waals surface area contributed by atoms with E-state index in [9.17, 15) is 4.79 Å². The number of hydrogen-bond donors (Lipinski definition) is 1. The van der Waals surface area contributed by atoms with Crippen LogP contribution in [0.4, 0.5) is 0 Å². The molecule has 1 fully saturated rings. The van der Waals surface area contributed by atoms with Gasteiger partial charge in [0, 0.05) is 19.6 Å². The number of aryl methyl sites for hydroxylation is 2. The Kier molecular flexibility index (Phi) is 5.91. The first kappa shape index (κ1) is 18.4. The van der Waals surface area contributed by atoms with Gasteiger partial charge in [-0.25, -0.2) is 0 Å². The van der Waals surface area contributed by atoms with E-state index in [1.54, 1.807) is 0 Å². The number of morpholine rings is 1. The number of ether oxygens (including phenoxy) is 2. The molecule has 1 saturated heterocycles. The lowest BCUT2D eigenvalue weighted by Gasteiger charge is -2.32. The average molecular weight is 355 g/mol. The summed E-state index contributed by atoms with van der Waals surface area (Å²) in [7, 11) is 0. The van der Waals surface area contributed by atoms with Gasteiger partial charge < -0.3 is 14.6 Å². The standard InChI is InChI=1S/C21H25NO4/c1-15-4-3-5-16(2)21(15)26-18-8-6-17(7-9-18)19-14-22(12-13-25-19)11-10-20(23)24/h3-9,19H,10-14H2,1-2H3,(H,23,24). The van der Waals surface area contributed by atoms with E-state index in [0.717, 1.165) is 34.7 Å². The Morgan fingerprint density at radius 2 is 1.88 bits per heavy atom. The van der Waals surface area contributed by atoms with Crippen molar-refractivity contribution in [1.82, 2.24) is 4.90 Å². The Morgan fingerprint density at radius 1 is 1.19 bits per heavy atom. The van der Waals surface area contributed by atoms with Crippen LogP contribution in [0.1, 0.15) is 29.2 Å². The first-order chi connectivity index (χ1) is 12.5. The van der Waals surface area contributed by atoms with E-state index >= 15 is 0 Å². The zero-order chi connectivity index (χ0) is 18.5. The van der Waals surface area contributed by atoms with Crippen molar-refractivity contribution in [2.75, 3.05) is 26.2 Å². The Hall–Kier alpha value is -2.37. The first-order valence-corrected chi connectivity index (χ1v) is 8.92. The number of benzene rings is 2. The monoisotopic (exact) mass is 355 g/mol. The van der Waals surface area contributed by atoms with Gasteiger partial charge in [-0.1, -0.05) is 30.3 Å². The molecule has 5 heteroatoms. The van der Waals surface area contributed by atoms with E-state index in [4.69, 9.17) is 14.6 Å². The fraction of sp³-hybridized carbons (Fsp3) is 0.381. The van der Waals surface area contributed by atoms with E-state index in [0.29, 0.717) is 19.7 Å². The molecule has 1 aliphatic rings. The van der Waals surface area contributed by atoms with Crippen LogP contribution in [-0.4, -0.2) is 42.2 Å². The highest BCUT2D eigenvalue weighted by atomic mass is 16.5. The molecular formula is C21H25NO4. The normalized spacial score (nSPS) is 17.8. The summed E-state index contributed by atoms with van der Waals surface area (Å²) in [6, 6.07) is 14.1. The van der Waals surface area contributed by atoms with Crippen molar-refractivity contribution in [2.45, 2.75) is 26.4 Å². The Bertz CT molecular complexity index is 737. The summed E-state index contributed by atoms with van der Waals surface area (Å²) in [5.74, 6) is 0.930. The van der Waals surface area contributed by atoms with Crippen molar-refractivity contribution >= 4 is 5.97 Å². The Morgan fingerprint density at radius 3 is 2.54 bits per heavy atom. The molecule has 2 aromatic rings. The van der Waals surface area contributed by atoms with Crippen LogP contribution in [-0.2, 0) is 9.53 Å². The van der Waals surface area contributed by atoms with E-state index < -0.39 is 5.97 Å². The minimum absolute atomic E-state index is 0.0354. The quantitative estimate of drug-likeness (QED) is 0.850. The zero-order valence-corrected chi connectivity index (χ0v) is 15.3. The predicted molar refractivity (Wildman–Crippen MR) is 99.8 cm³/mol. The highest BCUT2D eigenvalue weighted by Gasteiger charge is 2.22. The average Bonchev–Trinajstić information content (AvgIpc) is 2.64. The first-order valence-electron chi connectivity index (χ1n) is 8.92. The zero-order valence-electron chi connectivity index (χ0n) is 15.3. The Balaban J connectivity index is 1.64. The van der Waals surface area contributed by atoms with Crippen LogP contribution in [0.15, 0.2) is 42.5 Å². The lowest BCUT2D eigenvalue weighted by Crippen LogP contribution is -2.39. The number of aliphatic carboxylic acids is 1. The molecule has 1 atom stereocenters. The Labute approximate surface area is 154 Å². The number of hydrogen-bond acceptors (Lipinski definition) is 4. The molecule has 0 saturated carbocycles. The molecule has 1 heterocycles. The lowest BCUT2D eigenvalue weighted by atomic mass is 10.1. The van der Waals surface area contributed by atoms with Gasteiger partial charge in [-0.3, -0.25) is 9.69 Å². The van der Waals surface area contributed by atoms with Crippen LogP contribution in [0.2, 0.25) is 0 Å². The van der Waals surface area contributed by atoms with Crippen LogP contribution in [0, 0.1) is 13.8 Å². The molecule has 0 aliphatic carbocycles. The van der Waals surface area contributed by atoms with E-state index in [-0.39, 0.29) is 12.5 Å². The summed E-state index contributed by atoms with van der Waals surface area (Å²) in [6.45, 7) is 6.74. The van der Waals surface area contributed by atoms with Crippen molar-refractivity contribution < 1.29 is 19.4 Å². The maximum absolute atomic E-state index is 10.8. The fourth-order valence-corrected chi connectivity index (χ4v) is 3.19. The number of carboxylic acids is 1. The molecule has 3 rings (SSSR count). The van der Waals surface area contributed by atoms with E-state index in [1.807, 2.05) is 56.3 Å². The lowest BCUT2D eigenvalue weighted by molar-refractivity contribution is -0.137. The summed E-state index contributed by atoms with van der Waals surface area (Å²) in [5.41, 5.74) is 3.30. The van der Waals surface area contributed by atoms with Gasteiger partial charge in [0.25, 0.3) is 0 Å². The highest BCUT2D eigenvalue weighted by Crippen LogP contribution is 2.30. The van der Waals surface area contributed by atoms with Gasteiger partial charge >= 0.3 is 5.97 Å². The SMILES string of the molecule is Cc1cccc(C)c1Oc1ccc(C2CN(CCC(=O)O)CCO2)cc1. The second-order valence-electron chi connectivity index (χ2n) is 6.70.